The minimum atomic E-state index is -3.50. The fourth-order valence-electron chi connectivity index (χ4n) is 5.55. The number of aromatic nitrogens is 6. The first-order chi connectivity index (χ1) is 17.8. The van der Waals surface area contributed by atoms with Crippen LogP contribution in [-0.2, 0) is 21.6 Å². The molecule has 1 fully saturated rings. The van der Waals surface area contributed by atoms with Crippen molar-refractivity contribution < 1.29 is 13.2 Å². The molecule has 5 aromatic rings. The van der Waals surface area contributed by atoms with Crippen molar-refractivity contribution in [3.63, 3.8) is 0 Å². The Labute approximate surface area is 215 Å². The molecule has 0 radical (unpaired) electrons. The van der Waals surface area contributed by atoms with Crippen LogP contribution in [0, 0.1) is 12.8 Å². The van der Waals surface area contributed by atoms with Gasteiger partial charge in [-0.2, -0.15) is 0 Å². The molecule has 0 amide bonds. The number of benzene rings is 1. The first-order valence-corrected chi connectivity index (χ1v) is 14.2. The predicted molar refractivity (Wildman–Crippen MR) is 141 cm³/mol. The number of fused-ring (bicyclic) bond motifs is 3. The third-order valence-electron chi connectivity index (χ3n) is 7.24. The number of pyridine rings is 2. The maximum Gasteiger partial charge on any atom is 0.192 e. The highest BCUT2D eigenvalue weighted by atomic mass is 32.2. The van der Waals surface area contributed by atoms with Gasteiger partial charge in [-0.25, -0.2) is 18.1 Å². The van der Waals surface area contributed by atoms with Crippen LogP contribution in [0.2, 0.25) is 0 Å². The van der Waals surface area contributed by atoms with Crippen LogP contribution < -0.4 is 0 Å². The largest absolute Gasteiger partial charge is 0.381 e. The Hall–Kier alpha value is -3.63. The van der Waals surface area contributed by atoms with Gasteiger partial charge in [-0.15, -0.1) is 5.10 Å². The number of aryl methyl sites for hydroxylation is 2. The molecule has 0 N–H and O–H groups in total. The quantitative estimate of drug-likeness (QED) is 0.346. The van der Waals surface area contributed by atoms with E-state index in [0.717, 1.165) is 51.8 Å². The number of ether oxygens (including phenoxy) is 1. The van der Waals surface area contributed by atoms with Gasteiger partial charge in [0, 0.05) is 43.7 Å². The summed E-state index contributed by atoms with van der Waals surface area (Å²) < 4.78 is 34.7. The lowest BCUT2D eigenvalue weighted by Gasteiger charge is -2.32. The first-order valence-electron chi connectivity index (χ1n) is 12.3. The van der Waals surface area contributed by atoms with Gasteiger partial charge in [0.05, 0.1) is 28.5 Å². The van der Waals surface area contributed by atoms with E-state index in [1.807, 2.05) is 44.4 Å². The minimum absolute atomic E-state index is 0.0507. The van der Waals surface area contributed by atoms with Crippen LogP contribution in [0.4, 0.5) is 0 Å². The molecule has 190 valence electrons. The average Bonchev–Trinajstić information content (AvgIpc) is 3.40. The second-order valence-electron chi connectivity index (χ2n) is 9.71. The summed E-state index contributed by atoms with van der Waals surface area (Å²) in [5.74, 6) is 0.280. The second kappa shape index (κ2) is 9.04. The van der Waals surface area contributed by atoms with Gasteiger partial charge in [-0.3, -0.25) is 4.98 Å². The molecule has 10 heteroatoms. The fraction of sp³-hybridized carbons (Fsp3) is 0.333. The number of nitrogens with zero attached hydrogens (tertiary/aromatic N) is 6. The Kier molecular flexibility index (Phi) is 5.80. The molecule has 4 aromatic heterocycles. The number of hydrogen-bond acceptors (Lipinski definition) is 7. The van der Waals surface area contributed by atoms with Crippen LogP contribution >= 0.6 is 0 Å². The molecule has 0 spiro atoms. The monoisotopic (exact) mass is 516 g/mol. The molecule has 0 bridgehead atoms. The van der Waals surface area contributed by atoms with Gasteiger partial charge in [0.1, 0.15) is 5.65 Å². The highest BCUT2D eigenvalue weighted by molar-refractivity contribution is 7.90. The lowest BCUT2D eigenvalue weighted by molar-refractivity contribution is 0.0552. The highest BCUT2D eigenvalue weighted by Crippen LogP contribution is 2.40. The van der Waals surface area contributed by atoms with Gasteiger partial charge in [0.25, 0.3) is 0 Å². The maximum absolute atomic E-state index is 12.5. The van der Waals surface area contributed by atoms with Crippen LogP contribution in [0.3, 0.4) is 0 Å². The fourth-order valence-corrected chi connectivity index (χ4v) is 6.11. The lowest BCUT2D eigenvalue weighted by atomic mass is 9.86. The number of sulfone groups is 1. The van der Waals surface area contributed by atoms with Crippen molar-refractivity contribution in [2.45, 2.75) is 30.8 Å². The topological polar surface area (TPSA) is 105 Å². The molecule has 37 heavy (non-hydrogen) atoms. The van der Waals surface area contributed by atoms with E-state index in [2.05, 4.69) is 33.1 Å². The van der Waals surface area contributed by atoms with E-state index in [0.29, 0.717) is 18.9 Å². The summed E-state index contributed by atoms with van der Waals surface area (Å²) in [6.07, 6.45) is 4.80. The maximum atomic E-state index is 12.5. The summed E-state index contributed by atoms with van der Waals surface area (Å²) in [5.41, 5.74) is 6.03. The van der Waals surface area contributed by atoms with Crippen molar-refractivity contribution >= 4 is 31.9 Å². The van der Waals surface area contributed by atoms with Crippen molar-refractivity contribution in [1.82, 2.24) is 29.5 Å². The minimum Gasteiger partial charge on any atom is -0.381 e. The van der Waals surface area contributed by atoms with Crippen molar-refractivity contribution in [3.8, 4) is 11.3 Å². The van der Waals surface area contributed by atoms with Gasteiger partial charge >= 0.3 is 0 Å². The van der Waals surface area contributed by atoms with Gasteiger partial charge in [-0.1, -0.05) is 35.5 Å². The Morgan fingerprint density at radius 1 is 1.08 bits per heavy atom. The molecule has 1 aliphatic rings. The first kappa shape index (κ1) is 23.7. The molecular formula is C27H28N6O3S. The molecule has 6 rings (SSSR count). The van der Waals surface area contributed by atoms with Crippen LogP contribution in [-0.4, -0.2) is 57.4 Å². The zero-order valence-corrected chi connectivity index (χ0v) is 21.8. The smallest absolute Gasteiger partial charge is 0.192 e. The van der Waals surface area contributed by atoms with Crippen LogP contribution in [0.25, 0.3) is 33.3 Å². The summed E-state index contributed by atoms with van der Waals surface area (Å²) in [6.45, 7) is 3.31. The van der Waals surface area contributed by atoms with E-state index in [4.69, 9.17) is 14.7 Å². The summed E-state index contributed by atoms with van der Waals surface area (Å²) >= 11 is 0. The summed E-state index contributed by atoms with van der Waals surface area (Å²) in [5, 5.41) is 9.26. The van der Waals surface area contributed by atoms with E-state index < -0.39 is 9.84 Å². The van der Waals surface area contributed by atoms with Gasteiger partial charge in [0.2, 0.25) is 0 Å². The summed E-state index contributed by atoms with van der Waals surface area (Å²) in [6, 6.07) is 15.8. The Morgan fingerprint density at radius 2 is 1.84 bits per heavy atom. The van der Waals surface area contributed by atoms with Crippen molar-refractivity contribution in [3.05, 3.63) is 66.0 Å². The number of hydrogen-bond donors (Lipinski definition) is 0. The molecular weight excluding hydrogens is 488 g/mol. The lowest BCUT2D eigenvalue weighted by Crippen LogP contribution is -2.27. The Morgan fingerprint density at radius 3 is 2.51 bits per heavy atom. The third kappa shape index (κ3) is 4.10. The van der Waals surface area contributed by atoms with Gasteiger partial charge in [-0.05, 0) is 49.4 Å². The molecule has 0 unspecified atom stereocenters. The average molecular weight is 517 g/mol. The molecule has 5 heterocycles. The zero-order chi connectivity index (χ0) is 25.7. The molecule has 1 saturated heterocycles. The Balaban J connectivity index is 1.71. The Bertz CT molecular complexity index is 1700. The normalized spacial score (nSPS) is 16.0. The molecule has 9 nitrogen and oxygen atoms in total. The molecule has 0 saturated carbocycles. The van der Waals surface area contributed by atoms with Crippen LogP contribution in [0.15, 0.2) is 59.8 Å². The van der Waals surface area contributed by atoms with Crippen molar-refractivity contribution in [1.29, 1.82) is 0 Å². The van der Waals surface area contributed by atoms with E-state index in [9.17, 15) is 8.42 Å². The zero-order valence-electron chi connectivity index (χ0n) is 21.0. The SMILES string of the molecule is Cc1nnn(C)c1-c1cnc2c3ccc(S(C)(=O)=O)nc3n([C@H](c3ccccc3)C3CCOCC3)c2c1. The molecule has 1 aromatic carbocycles. The van der Waals surface area contributed by atoms with E-state index in [1.54, 1.807) is 10.7 Å². The third-order valence-corrected chi connectivity index (χ3v) is 8.23. The van der Waals surface area contributed by atoms with Crippen molar-refractivity contribution in [2.24, 2.45) is 13.0 Å². The van der Waals surface area contributed by atoms with E-state index >= 15 is 0 Å². The van der Waals surface area contributed by atoms with E-state index in [1.165, 1.54) is 6.26 Å². The predicted octanol–water partition coefficient (Wildman–Crippen LogP) is 4.11. The van der Waals surface area contributed by atoms with E-state index in [-0.39, 0.29) is 17.0 Å². The molecule has 1 atom stereocenters. The van der Waals surface area contributed by atoms with Crippen LogP contribution in [0.5, 0.6) is 0 Å². The van der Waals surface area contributed by atoms with Crippen LogP contribution in [0.1, 0.15) is 30.1 Å². The summed E-state index contributed by atoms with van der Waals surface area (Å²) in [4.78, 5) is 9.60. The molecule has 0 aliphatic carbocycles. The number of rotatable bonds is 5. The second-order valence-corrected chi connectivity index (χ2v) is 11.7. The van der Waals surface area contributed by atoms with Gasteiger partial charge < -0.3 is 9.30 Å². The van der Waals surface area contributed by atoms with Crippen molar-refractivity contribution in [2.75, 3.05) is 19.5 Å². The van der Waals surface area contributed by atoms with Gasteiger partial charge in [0.15, 0.2) is 14.9 Å². The standard InChI is InChI=1S/C27H28N6O3S/c1-17-25(32(2)31-30-17)20-15-22-24(28-16-20)21-9-10-23(37(3,34)35)29-27(21)33(22)26(18-7-5-4-6-8-18)19-11-13-36-14-12-19/h4-10,15-16,19,26H,11-14H2,1-3H3/t26-/m1/s1. The molecule has 1 aliphatic heterocycles. The summed E-state index contributed by atoms with van der Waals surface area (Å²) in [7, 11) is -1.64. The highest BCUT2D eigenvalue weighted by Gasteiger charge is 2.31.